The number of hydrogen-bond acceptors (Lipinski definition) is 3. The maximum Gasteiger partial charge on any atom is 0.250 e. The van der Waals surface area contributed by atoms with E-state index < -0.39 is 0 Å². The summed E-state index contributed by atoms with van der Waals surface area (Å²) in [4.78, 5) is 28.7. The number of carbonyl (C=O) groups is 2. The Hall–Kier alpha value is -1.49. The van der Waals surface area contributed by atoms with Crippen molar-refractivity contribution in [2.75, 3.05) is 17.2 Å². The Morgan fingerprint density at radius 2 is 2.14 bits per heavy atom. The van der Waals surface area contributed by atoms with Crippen LogP contribution in [0.4, 0.5) is 5.69 Å². The number of nitrogens with zero attached hydrogens (tertiary/aromatic N) is 2. The summed E-state index contributed by atoms with van der Waals surface area (Å²) in [5, 5.41) is 0. The van der Waals surface area contributed by atoms with Crippen LogP contribution >= 0.6 is 11.8 Å². The molecule has 5 heteroatoms. The van der Waals surface area contributed by atoms with Gasteiger partial charge in [0, 0.05) is 24.4 Å². The summed E-state index contributed by atoms with van der Waals surface area (Å²) < 4.78 is 0. The smallest absolute Gasteiger partial charge is 0.250 e. The minimum atomic E-state index is -0.291. The lowest BCUT2D eigenvalue weighted by Crippen LogP contribution is -2.51. The minimum Gasteiger partial charge on any atom is -0.315 e. The predicted molar refractivity (Wildman–Crippen MR) is 83.2 cm³/mol. The fourth-order valence-corrected chi connectivity index (χ4v) is 5.17. The number of anilines is 1. The van der Waals surface area contributed by atoms with E-state index in [4.69, 9.17) is 0 Å². The number of carbonyl (C=O) groups excluding carboxylic acids is 2. The lowest BCUT2D eigenvalue weighted by molar-refractivity contribution is -0.136. The number of rotatable bonds is 1. The van der Waals surface area contributed by atoms with Gasteiger partial charge in [0.05, 0.1) is 4.87 Å². The zero-order chi connectivity index (χ0) is 14.6. The average Bonchev–Trinajstić information content (AvgIpc) is 3.13. The maximum atomic E-state index is 13.0. The van der Waals surface area contributed by atoms with E-state index in [2.05, 4.69) is 13.0 Å². The van der Waals surface area contributed by atoms with E-state index >= 15 is 0 Å². The predicted octanol–water partition coefficient (Wildman–Crippen LogP) is 2.03. The molecule has 2 fully saturated rings. The average molecular weight is 302 g/mol. The number of benzene rings is 1. The van der Waals surface area contributed by atoms with Gasteiger partial charge in [-0.3, -0.25) is 9.59 Å². The zero-order valence-corrected chi connectivity index (χ0v) is 12.9. The van der Waals surface area contributed by atoms with E-state index in [0.717, 1.165) is 30.8 Å². The third-order valence-corrected chi connectivity index (χ3v) is 6.39. The van der Waals surface area contributed by atoms with E-state index in [0.29, 0.717) is 6.42 Å². The molecule has 21 heavy (non-hydrogen) atoms. The van der Waals surface area contributed by atoms with Crippen LogP contribution in [0.25, 0.3) is 0 Å². The highest BCUT2D eigenvalue weighted by atomic mass is 32.2. The molecule has 0 unspecified atom stereocenters. The van der Waals surface area contributed by atoms with Crippen molar-refractivity contribution < 1.29 is 9.59 Å². The van der Waals surface area contributed by atoms with Crippen LogP contribution in [0.1, 0.15) is 25.3 Å². The molecule has 0 saturated carbocycles. The molecule has 0 N–H and O–H groups in total. The molecule has 1 aromatic carbocycles. The van der Waals surface area contributed by atoms with E-state index in [1.54, 1.807) is 11.8 Å². The standard InChI is InChI=1S/C16H18N2O2S/c1-16-8-6-14(19)18(16)13(10-21-16)15(20)17-9-7-11-4-2-3-5-12(11)17/h2-5,13H,6-10H2,1H3/t13-,16-/m0/s1. The topological polar surface area (TPSA) is 40.6 Å². The molecule has 3 aliphatic heterocycles. The van der Waals surface area contributed by atoms with Gasteiger partial charge in [-0.1, -0.05) is 18.2 Å². The highest BCUT2D eigenvalue weighted by molar-refractivity contribution is 8.01. The summed E-state index contributed by atoms with van der Waals surface area (Å²) in [6.45, 7) is 2.83. The van der Waals surface area contributed by atoms with E-state index in [1.807, 2.05) is 28.0 Å². The first-order valence-electron chi connectivity index (χ1n) is 7.45. The summed E-state index contributed by atoms with van der Waals surface area (Å²) in [5.41, 5.74) is 2.25. The summed E-state index contributed by atoms with van der Waals surface area (Å²) in [6, 6.07) is 7.78. The molecule has 2 atom stereocenters. The molecular weight excluding hydrogens is 284 g/mol. The molecule has 110 valence electrons. The minimum absolute atomic E-state index is 0.0893. The highest BCUT2D eigenvalue weighted by Crippen LogP contribution is 2.48. The van der Waals surface area contributed by atoms with Gasteiger partial charge in [0.2, 0.25) is 5.91 Å². The first-order chi connectivity index (χ1) is 10.1. The Bertz CT molecular complexity index is 632. The van der Waals surface area contributed by atoms with Crippen molar-refractivity contribution in [1.29, 1.82) is 0 Å². The number of para-hydroxylation sites is 1. The quantitative estimate of drug-likeness (QED) is 0.797. The maximum absolute atomic E-state index is 13.0. The van der Waals surface area contributed by atoms with E-state index in [9.17, 15) is 9.59 Å². The SMILES string of the molecule is C[C@]12CCC(=O)N1[C@H](C(=O)N1CCc3ccccc31)CS2. The van der Waals surface area contributed by atoms with Gasteiger partial charge in [-0.15, -0.1) is 11.8 Å². The molecule has 0 radical (unpaired) electrons. The van der Waals surface area contributed by atoms with Crippen LogP contribution in [0.3, 0.4) is 0 Å². The highest BCUT2D eigenvalue weighted by Gasteiger charge is 2.53. The number of hydrogen-bond donors (Lipinski definition) is 0. The monoisotopic (exact) mass is 302 g/mol. The Kier molecular flexibility index (Phi) is 2.83. The fourth-order valence-electron chi connectivity index (χ4n) is 3.75. The zero-order valence-electron chi connectivity index (χ0n) is 12.0. The lowest BCUT2D eigenvalue weighted by Gasteiger charge is -2.32. The van der Waals surface area contributed by atoms with Crippen molar-refractivity contribution >= 4 is 29.3 Å². The van der Waals surface area contributed by atoms with Crippen molar-refractivity contribution in [1.82, 2.24) is 4.90 Å². The molecule has 0 aromatic heterocycles. The third kappa shape index (κ3) is 1.83. The van der Waals surface area contributed by atoms with E-state index in [-0.39, 0.29) is 22.7 Å². The van der Waals surface area contributed by atoms with Crippen LogP contribution in [0.15, 0.2) is 24.3 Å². The van der Waals surface area contributed by atoms with Crippen LogP contribution in [-0.2, 0) is 16.0 Å². The molecule has 0 bridgehead atoms. The van der Waals surface area contributed by atoms with Crippen molar-refractivity contribution in [3.8, 4) is 0 Å². The van der Waals surface area contributed by atoms with Gasteiger partial charge in [0.15, 0.2) is 0 Å². The summed E-state index contributed by atoms with van der Waals surface area (Å²) >= 11 is 1.75. The molecule has 2 saturated heterocycles. The van der Waals surface area contributed by atoms with Crippen molar-refractivity contribution in [2.24, 2.45) is 0 Å². The number of thioether (sulfide) groups is 1. The van der Waals surface area contributed by atoms with Crippen LogP contribution in [0, 0.1) is 0 Å². The Morgan fingerprint density at radius 1 is 1.33 bits per heavy atom. The van der Waals surface area contributed by atoms with Crippen LogP contribution in [0.2, 0.25) is 0 Å². The Balaban J connectivity index is 1.63. The van der Waals surface area contributed by atoms with Gasteiger partial charge < -0.3 is 9.80 Å². The van der Waals surface area contributed by atoms with Gasteiger partial charge in [0.25, 0.3) is 5.91 Å². The second kappa shape index (κ2) is 4.50. The Morgan fingerprint density at radius 3 is 3.00 bits per heavy atom. The van der Waals surface area contributed by atoms with Gasteiger partial charge in [-0.25, -0.2) is 0 Å². The molecule has 4 nitrogen and oxygen atoms in total. The summed E-state index contributed by atoms with van der Waals surface area (Å²) in [5.74, 6) is 0.944. The van der Waals surface area contributed by atoms with Crippen LogP contribution in [0.5, 0.6) is 0 Å². The largest absolute Gasteiger partial charge is 0.315 e. The van der Waals surface area contributed by atoms with Crippen molar-refractivity contribution in [2.45, 2.75) is 37.1 Å². The first kappa shape index (κ1) is 13.2. The van der Waals surface area contributed by atoms with Crippen molar-refractivity contribution in [3.05, 3.63) is 29.8 Å². The molecule has 3 aliphatic rings. The lowest BCUT2D eigenvalue weighted by atomic mass is 10.1. The van der Waals surface area contributed by atoms with Crippen molar-refractivity contribution in [3.63, 3.8) is 0 Å². The first-order valence-corrected chi connectivity index (χ1v) is 8.44. The van der Waals surface area contributed by atoms with Crippen LogP contribution < -0.4 is 4.90 Å². The molecular formula is C16H18N2O2S. The Labute approximate surface area is 128 Å². The summed E-state index contributed by atoms with van der Waals surface area (Å²) in [6.07, 6.45) is 2.34. The second-order valence-corrected chi connectivity index (χ2v) is 7.64. The third-order valence-electron chi connectivity index (χ3n) is 4.88. The number of amides is 2. The number of fused-ring (bicyclic) bond motifs is 2. The molecule has 0 aliphatic carbocycles. The molecule has 0 spiro atoms. The summed E-state index contributed by atoms with van der Waals surface area (Å²) in [7, 11) is 0. The van der Waals surface area contributed by atoms with Gasteiger partial charge in [0.1, 0.15) is 6.04 Å². The normalized spacial score (nSPS) is 30.7. The molecule has 4 rings (SSSR count). The van der Waals surface area contributed by atoms with Gasteiger partial charge in [-0.05, 0) is 31.4 Å². The second-order valence-electron chi connectivity index (χ2n) is 6.13. The fraction of sp³-hybridized carbons (Fsp3) is 0.500. The molecule has 1 aromatic rings. The van der Waals surface area contributed by atoms with E-state index in [1.165, 1.54) is 5.56 Å². The van der Waals surface area contributed by atoms with Crippen LogP contribution in [-0.4, -0.2) is 39.9 Å². The van der Waals surface area contributed by atoms with Gasteiger partial charge >= 0.3 is 0 Å². The van der Waals surface area contributed by atoms with Gasteiger partial charge in [-0.2, -0.15) is 0 Å². The molecule has 2 amide bonds. The molecule has 3 heterocycles.